The summed E-state index contributed by atoms with van der Waals surface area (Å²) >= 11 is 3.54. The van der Waals surface area contributed by atoms with Gasteiger partial charge in [-0.15, -0.1) is 0 Å². The Hall–Kier alpha value is -4.09. The van der Waals surface area contributed by atoms with Crippen LogP contribution in [0.5, 0.6) is 23.0 Å². The Kier molecular flexibility index (Phi) is 11.1. The fourth-order valence-corrected chi connectivity index (χ4v) is 6.41. The number of benzene rings is 3. The summed E-state index contributed by atoms with van der Waals surface area (Å²) in [6.45, 7) is 8.03. The van der Waals surface area contributed by atoms with Gasteiger partial charge in [-0.2, -0.15) is 0 Å². The molecule has 4 rings (SSSR count). The van der Waals surface area contributed by atoms with Crippen LogP contribution in [0.25, 0.3) is 0 Å². The summed E-state index contributed by atoms with van der Waals surface area (Å²) in [6.07, 6.45) is -0.421. The molecule has 0 aliphatic heterocycles. The van der Waals surface area contributed by atoms with E-state index in [0.717, 1.165) is 0 Å². The first-order valence-electron chi connectivity index (χ1n) is 14.9. The van der Waals surface area contributed by atoms with Gasteiger partial charge in [0.05, 0.1) is 54.3 Å². The number of nitrogens with one attached hydrogen (secondary N) is 2. The van der Waals surface area contributed by atoms with E-state index in [1.165, 1.54) is 14.0 Å². The molecular weight excluding hydrogens is 644 g/mol. The molecule has 0 aromatic heterocycles. The summed E-state index contributed by atoms with van der Waals surface area (Å²) in [7, 11) is 1.47. The standard InChI is InChI=1S/C34H39BrN2O8/c1-6-43-25-15-11-9-13-22(25)36-32(39)29-24(38)19-34(4,41)30(33(40)37-23-14-10-12-16-26(23)44-7-2)28(29)20-17-21(35)31(45-8-3)27(18-20)42-5/h9-18,28-30,41H,6-8,19H2,1-5H3,(H,36,39)(H,37,40). The number of halogens is 1. The molecule has 240 valence electrons. The van der Waals surface area contributed by atoms with E-state index in [9.17, 15) is 19.5 Å². The van der Waals surface area contributed by atoms with Crippen molar-refractivity contribution < 1.29 is 38.4 Å². The van der Waals surface area contributed by atoms with Crippen molar-refractivity contribution in [2.75, 3.05) is 37.6 Å². The van der Waals surface area contributed by atoms with Gasteiger partial charge in [0.1, 0.15) is 23.2 Å². The molecule has 3 aromatic rings. The van der Waals surface area contributed by atoms with Crippen LogP contribution in [0, 0.1) is 11.8 Å². The summed E-state index contributed by atoms with van der Waals surface area (Å²) in [6, 6.07) is 17.2. The van der Waals surface area contributed by atoms with Crippen molar-refractivity contribution >= 4 is 44.9 Å². The van der Waals surface area contributed by atoms with Crippen molar-refractivity contribution in [1.82, 2.24) is 0 Å². The third-order valence-corrected chi connectivity index (χ3v) is 8.24. The topological polar surface area (TPSA) is 132 Å². The van der Waals surface area contributed by atoms with Gasteiger partial charge in [0.2, 0.25) is 11.8 Å². The lowest BCUT2D eigenvalue weighted by Gasteiger charge is -2.44. The van der Waals surface area contributed by atoms with Gasteiger partial charge in [-0.25, -0.2) is 0 Å². The minimum absolute atomic E-state index is 0.334. The number of aliphatic hydroxyl groups is 1. The molecule has 1 aliphatic rings. The lowest BCUT2D eigenvalue weighted by Crippen LogP contribution is -2.56. The van der Waals surface area contributed by atoms with E-state index >= 15 is 0 Å². The predicted octanol–water partition coefficient (Wildman–Crippen LogP) is 5.97. The van der Waals surface area contributed by atoms with Crippen LogP contribution in [-0.2, 0) is 14.4 Å². The van der Waals surface area contributed by atoms with Crippen molar-refractivity contribution in [3.63, 3.8) is 0 Å². The summed E-state index contributed by atoms with van der Waals surface area (Å²) < 4.78 is 23.3. The van der Waals surface area contributed by atoms with E-state index in [2.05, 4.69) is 26.6 Å². The van der Waals surface area contributed by atoms with Gasteiger partial charge in [-0.3, -0.25) is 14.4 Å². The number of hydrogen-bond donors (Lipinski definition) is 3. The molecule has 1 aliphatic carbocycles. The molecule has 3 N–H and O–H groups in total. The molecular formula is C34H39BrN2O8. The minimum atomic E-state index is -1.81. The molecule has 3 aromatic carbocycles. The highest BCUT2D eigenvalue weighted by Crippen LogP contribution is 2.50. The normalized spacial score (nSPS) is 21.0. The number of Topliss-reactive ketones (excluding diaryl/α,β-unsaturated/α-hetero) is 1. The van der Waals surface area contributed by atoms with Crippen molar-refractivity contribution in [2.45, 2.75) is 45.6 Å². The number of ether oxygens (including phenoxy) is 4. The molecule has 11 heteroatoms. The molecule has 1 saturated carbocycles. The van der Waals surface area contributed by atoms with E-state index in [1.54, 1.807) is 60.7 Å². The summed E-state index contributed by atoms with van der Waals surface area (Å²) in [5.41, 5.74) is -0.616. The Morgan fingerprint density at radius 1 is 0.867 bits per heavy atom. The lowest BCUT2D eigenvalue weighted by molar-refractivity contribution is -0.150. The van der Waals surface area contributed by atoms with Crippen LogP contribution < -0.4 is 29.6 Å². The highest BCUT2D eigenvalue weighted by molar-refractivity contribution is 9.10. The number of methoxy groups -OCH3 is 1. The van der Waals surface area contributed by atoms with Crippen molar-refractivity contribution in [1.29, 1.82) is 0 Å². The van der Waals surface area contributed by atoms with Gasteiger partial charge >= 0.3 is 0 Å². The molecule has 0 spiro atoms. The second-order valence-electron chi connectivity index (χ2n) is 10.8. The number of carbonyl (C=O) groups is 3. The molecule has 0 bridgehead atoms. The molecule has 4 unspecified atom stereocenters. The van der Waals surface area contributed by atoms with Gasteiger partial charge < -0.3 is 34.7 Å². The molecule has 2 amide bonds. The number of rotatable bonds is 12. The van der Waals surface area contributed by atoms with Crippen LogP contribution >= 0.6 is 15.9 Å². The average molecular weight is 684 g/mol. The second-order valence-corrected chi connectivity index (χ2v) is 11.6. The number of ketones is 1. The molecule has 45 heavy (non-hydrogen) atoms. The lowest BCUT2D eigenvalue weighted by atomic mass is 9.61. The van der Waals surface area contributed by atoms with Crippen LogP contribution in [0.2, 0.25) is 0 Å². The highest BCUT2D eigenvalue weighted by atomic mass is 79.9. The Bertz CT molecular complexity index is 1540. The summed E-state index contributed by atoms with van der Waals surface area (Å²) in [5.74, 6) is -3.80. The molecule has 0 saturated heterocycles. The molecule has 10 nitrogen and oxygen atoms in total. The van der Waals surface area contributed by atoms with Crippen LogP contribution in [0.1, 0.15) is 45.6 Å². The summed E-state index contributed by atoms with van der Waals surface area (Å²) in [5, 5.41) is 17.5. The highest BCUT2D eigenvalue weighted by Gasteiger charge is 2.56. The number of anilines is 2. The van der Waals surface area contributed by atoms with Crippen LogP contribution in [0.3, 0.4) is 0 Å². The largest absolute Gasteiger partial charge is 0.493 e. The van der Waals surface area contributed by atoms with Crippen LogP contribution in [0.15, 0.2) is 65.1 Å². The van der Waals surface area contributed by atoms with Crippen LogP contribution in [0.4, 0.5) is 11.4 Å². The smallest absolute Gasteiger partial charge is 0.235 e. The van der Waals surface area contributed by atoms with E-state index in [1.807, 2.05) is 20.8 Å². The van der Waals surface area contributed by atoms with Crippen molar-refractivity contribution in [3.05, 3.63) is 70.7 Å². The number of carbonyl (C=O) groups excluding carboxylic acids is 3. The Balaban J connectivity index is 1.86. The Morgan fingerprint density at radius 3 is 1.93 bits per heavy atom. The monoisotopic (exact) mass is 682 g/mol. The van der Waals surface area contributed by atoms with E-state index in [4.69, 9.17) is 18.9 Å². The molecule has 0 heterocycles. The number of para-hydroxylation sites is 4. The molecule has 4 atom stereocenters. The minimum Gasteiger partial charge on any atom is -0.493 e. The van der Waals surface area contributed by atoms with Gasteiger partial charge in [0.25, 0.3) is 0 Å². The maximum atomic E-state index is 14.2. The Morgan fingerprint density at radius 2 is 1.40 bits per heavy atom. The first kappa shape index (κ1) is 33.8. The third kappa shape index (κ3) is 7.42. The average Bonchev–Trinajstić information content (AvgIpc) is 2.99. The van der Waals surface area contributed by atoms with E-state index in [0.29, 0.717) is 64.2 Å². The molecule has 0 radical (unpaired) electrons. The first-order chi connectivity index (χ1) is 21.6. The predicted molar refractivity (Wildman–Crippen MR) is 174 cm³/mol. The zero-order valence-corrected chi connectivity index (χ0v) is 27.6. The third-order valence-electron chi connectivity index (χ3n) is 7.65. The fraction of sp³-hybridized carbons (Fsp3) is 0.382. The zero-order valence-electron chi connectivity index (χ0n) is 26.0. The fourth-order valence-electron chi connectivity index (χ4n) is 5.83. The SMILES string of the molecule is CCOc1ccccc1NC(=O)C1C(=O)CC(C)(O)C(C(=O)Nc2ccccc2OCC)C1c1cc(Br)c(OCC)c(OC)c1. The zero-order chi connectivity index (χ0) is 32.7. The van der Waals surface area contributed by atoms with Crippen molar-refractivity contribution in [2.24, 2.45) is 11.8 Å². The second kappa shape index (κ2) is 14.8. The quantitative estimate of drug-likeness (QED) is 0.199. The van der Waals surface area contributed by atoms with Gasteiger partial charge in [0.15, 0.2) is 11.5 Å². The van der Waals surface area contributed by atoms with Gasteiger partial charge in [-0.05, 0) is 85.6 Å². The number of amides is 2. The first-order valence-corrected chi connectivity index (χ1v) is 15.7. The van der Waals surface area contributed by atoms with Gasteiger partial charge in [0, 0.05) is 12.3 Å². The van der Waals surface area contributed by atoms with E-state index in [-0.39, 0.29) is 0 Å². The van der Waals surface area contributed by atoms with Gasteiger partial charge in [-0.1, -0.05) is 24.3 Å². The Labute approximate surface area is 271 Å². The number of hydrogen-bond acceptors (Lipinski definition) is 8. The maximum Gasteiger partial charge on any atom is 0.235 e. The summed E-state index contributed by atoms with van der Waals surface area (Å²) in [4.78, 5) is 42.2. The van der Waals surface area contributed by atoms with Crippen LogP contribution in [-0.4, -0.2) is 55.2 Å². The van der Waals surface area contributed by atoms with E-state index < -0.39 is 47.4 Å². The molecule has 1 fully saturated rings. The van der Waals surface area contributed by atoms with Crippen molar-refractivity contribution in [3.8, 4) is 23.0 Å². The maximum absolute atomic E-state index is 14.2.